The number of aldehydes is 1. The third-order valence-electron chi connectivity index (χ3n) is 2.34. The number of amides is 1. The Morgan fingerprint density at radius 1 is 1.33 bits per heavy atom. The van der Waals surface area contributed by atoms with Gasteiger partial charge in [0.2, 0.25) is 6.29 Å². The lowest BCUT2D eigenvalue weighted by molar-refractivity contribution is -0.127. The van der Waals surface area contributed by atoms with E-state index >= 15 is 0 Å². The van der Waals surface area contributed by atoms with Crippen LogP contribution in [0.2, 0.25) is 0 Å². The summed E-state index contributed by atoms with van der Waals surface area (Å²) in [5.41, 5.74) is 0.0840. The van der Waals surface area contributed by atoms with Crippen LogP contribution in [0.4, 0.5) is 5.69 Å². The molecule has 6 nitrogen and oxygen atoms in total. The van der Waals surface area contributed by atoms with E-state index in [1.54, 1.807) is 6.07 Å². The molecule has 0 spiro atoms. The van der Waals surface area contributed by atoms with Crippen LogP contribution in [0, 0.1) is 0 Å². The summed E-state index contributed by atoms with van der Waals surface area (Å²) >= 11 is 0. The Balaban J connectivity index is 2.68. The maximum atomic E-state index is 11.1. The summed E-state index contributed by atoms with van der Waals surface area (Å²) in [4.78, 5) is 32.6. The van der Waals surface area contributed by atoms with Crippen molar-refractivity contribution in [3.05, 3.63) is 34.7 Å². The molecule has 6 heteroatoms. The van der Waals surface area contributed by atoms with Gasteiger partial charge in [0.05, 0.1) is 12.8 Å². The largest absolute Gasteiger partial charge is 0.495 e. The standard InChI is InChI=1S/C12H9NO5/c1-17-9-4-3-8-7(2-5-11(16)18-8)12(9)13-10(15)6-14/h2-6H,1H3,(H,13,15). The molecular weight excluding hydrogens is 238 g/mol. The van der Waals surface area contributed by atoms with Crippen molar-refractivity contribution in [3.63, 3.8) is 0 Å². The Morgan fingerprint density at radius 2 is 2.11 bits per heavy atom. The smallest absolute Gasteiger partial charge is 0.336 e. The number of nitrogens with one attached hydrogen (secondary N) is 1. The first-order chi connectivity index (χ1) is 8.65. The summed E-state index contributed by atoms with van der Waals surface area (Å²) in [6.07, 6.45) is 0.150. The summed E-state index contributed by atoms with van der Waals surface area (Å²) in [6.45, 7) is 0. The molecule has 92 valence electrons. The molecule has 18 heavy (non-hydrogen) atoms. The van der Waals surface area contributed by atoms with Crippen LogP contribution >= 0.6 is 0 Å². The highest BCUT2D eigenvalue weighted by atomic mass is 16.5. The van der Waals surface area contributed by atoms with Crippen LogP contribution in [0.15, 0.2) is 33.5 Å². The van der Waals surface area contributed by atoms with Gasteiger partial charge in [0.15, 0.2) is 0 Å². The van der Waals surface area contributed by atoms with Crippen molar-refractivity contribution in [1.29, 1.82) is 0 Å². The highest BCUT2D eigenvalue weighted by molar-refractivity contribution is 6.30. The van der Waals surface area contributed by atoms with E-state index in [2.05, 4.69) is 5.32 Å². The van der Waals surface area contributed by atoms with E-state index in [1.165, 1.54) is 25.3 Å². The maximum Gasteiger partial charge on any atom is 0.336 e. The summed E-state index contributed by atoms with van der Waals surface area (Å²) in [7, 11) is 1.43. The Kier molecular flexibility index (Phi) is 3.09. The third-order valence-corrected chi connectivity index (χ3v) is 2.34. The van der Waals surface area contributed by atoms with Crippen LogP contribution in [0.5, 0.6) is 5.75 Å². The van der Waals surface area contributed by atoms with Crippen LogP contribution in [0.3, 0.4) is 0 Å². The van der Waals surface area contributed by atoms with Crippen molar-refractivity contribution in [2.24, 2.45) is 0 Å². The molecule has 0 saturated carbocycles. The predicted octanol–water partition coefficient (Wildman–Crippen LogP) is 0.939. The fraction of sp³-hybridized carbons (Fsp3) is 0.0833. The number of carbonyl (C=O) groups is 2. The van der Waals surface area contributed by atoms with Gasteiger partial charge >= 0.3 is 5.63 Å². The second-order valence-corrected chi connectivity index (χ2v) is 3.42. The van der Waals surface area contributed by atoms with Crippen LogP contribution in [0.25, 0.3) is 11.0 Å². The first kappa shape index (κ1) is 11.8. The minimum absolute atomic E-state index is 0.150. The SMILES string of the molecule is COc1ccc2oc(=O)ccc2c1NC(=O)C=O. The van der Waals surface area contributed by atoms with Crippen molar-refractivity contribution in [2.45, 2.75) is 0 Å². The second kappa shape index (κ2) is 4.70. The first-order valence-corrected chi connectivity index (χ1v) is 5.02. The molecule has 0 atom stereocenters. The van der Waals surface area contributed by atoms with Crippen molar-refractivity contribution >= 4 is 28.8 Å². The minimum atomic E-state index is -0.813. The topological polar surface area (TPSA) is 85.6 Å². The summed E-state index contributed by atoms with van der Waals surface area (Å²) in [5, 5.41) is 2.86. The van der Waals surface area contributed by atoms with Crippen LogP contribution in [0.1, 0.15) is 0 Å². The summed E-state index contributed by atoms with van der Waals surface area (Å²) in [5.74, 6) is -0.446. The number of methoxy groups -OCH3 is 1. The highest BCUT2D eigenvalue weighted by Crippen LogP contribution is 2.32. The quantitative estimate of drug-likeness (QED) is 0.495. The van der Waals surface area contributed by atoms with E-state index in [4.69, 9.17) is 9.15 Å². The van der Waals surface area contributed by atoms with Gasteiger partial charge in [0, 0.05) is 11.5 Å². The van der Waals surface area contributed by atoms with E-state index in [0.717, 1.165) is 0 Å². The van der Waals surface area contributed by atoms with Crippen molar-refractivity contribution in [2.75, 3.05) is 12.4 Å². The molecule has 0 bridgehead atoms. The lowest BCUT2D eigenvalue weighted by atomic mass is 10.2. The fourth-order valence-electron chi connectivity index (χ4n) is 1.58. The number of rotatable bonds is 3. The van der Waals surface area contributed by atoms with Crippen molar-refractivity contribution in [3.8, 4) is 5.75 Å². The van der Waals surface area contributed by atoms with Gasteiger partial charge in [0.1, 0.15) is 11.3 Å². The molecule has 0 aliphatic carbocycles. The molecule has 0 radical (unpaired) electrons. The fourth-order valence-corrected chi connectivity index (χ4v) is 1.58. The number of anilines is 1. The van der Waals surface area contributed by atoms with Crippen molar-refractivity contribution in [1.82, 2.24) is 0 Å². The predicted molar refractivity (Wildman–Crippen MR) is 63.7 cm³/mol. The summed E-state index contributed by atoms with van der Waals surface area (Å²) < 4.78 is 10.0. The Morgan fingerprint density at radius 3 is 2.78 bits per heavy atom. The lowest BCUT2D eigenvalue weighted by Crippen LogP contribution is -2.13. The minimum Gasteiger partial charge on any atom is -0.495 e. The molecule has 1 heterocycles. The summed E-state index contributed by atoms with van der Waals surface area (Å²) in [6, 6.07) is 5.79. The zero-order chi connectivity index (χ0) is 13.1. The van der Waals surface area contributed by atoms with Gasteiger partial charge in [-0.2, -0.15) is 0 Å². The van der Waals surface area contributed by atoms with Crippen LogP contribution in [-0.2, 0) is 9.59 Å². The van der Waals surface area contributed by atoms with E-state index in [0.29, 0.717) is 16.7 Å². The van der Waals surface area contributed by atoms with E-state index < -0.39 is 11.5 Å². The Bertz CT molecular complexity index is 674. The molecule has 0 aliphatic rings. The molecule has 1 amide bonds. The van der Waals surface area contributed by atoms with Crippen LogP contribution in [-0.4, -0.2) is 19.3 Å². The number of ether oxygens (including phenoxy) is 1. The first-order valence-electron chi connectivity index (χ1n) is 5.02. The molecule has 0 aliphatic heterocycles. The molecule has 2 aromatic rings. The molecule has 1 aromatic heterocycles. The molecule has 1 aromatic carbocycles. The van der Waals surface area contributed by atoms with Gasteiger partial charge in [0.25, 0.3) is 5.91 Å². The van der Waals surface area contributed by atoms with Crippen LogP contribution < -0.4 is 15.7 Å². The number of hydrogen-bond donors (Lipinski definition) is 1. The van der Waals surface area contributed by atoms with E-state index in [9.17, 15) is 14.4 Å². The maximum absolute atomic E-state index is 11.1. The number of carbonyl (C=O) groups excluding carboxylic acids is 2. The molecule has 2 rings (SSSR count). The molecular formula is C12H9NO5. The zero-order valence-corrected chi connectivity index (χ0v) is 9.43. The highest BCUT2D eigenvalue weighted by Gasteiger charge is 2.12. The van der Waals surface area contributed by atoms with Gasteiger partial charge in [-0.3, -0.25) is 9.59 Å². The number of fused-ring (bicyclic) bond motifs is 1. The Hall–Kier alpha value is -2.63. The second-order valence-electron chi connectivity index (χ2n) is 3.42. The van der Waals surface area contributed by atoms with Gasteiger partial charge in [-0.1, -0.05) is 0 Å². The van der Waals surface area contributed by atoms with Gasteiger partial charge in [-0.05, 0) is 18.2 Å². The third kappa shape index (κ3) is 2.08. The van der Waals surface area contributed by atoms with Gasteiger partial charge < -0.3 is 14.5 Å². The molecule has 0 fully saturated rings. The van der Waals surface area contributed by atoms with Gasteiger partial charge in [-0.15, -0.1) is 0 Å². The molecule has 1 N–H and O–H groups in total. The van der Waals surface area contributed by atoms with E-state index in [1.807, 2.05) is 0 Å². The number of benzene rings is 1. The van der Waals surface area contributed by atoms with Crippen molar-refractivity contribution < 1.29 is 18.7 Å². The Labute approximate surface area is 101 Å². The van der Waals surface area contributed by atoms with Gasteiger partial charge in [-0.25, -0.2) is 4.79 Å². The number of hydrogen-bond acceptors (Lipinski definition) is 5. The normalized spacial score (nSPS) is 10.1. The monoisotopic (exact) mass is 247 g/mol. The van der Waals surface area contributed by atoms with E-state index in [-0.39, 0.29) is 12.0 Å². The zero-order valence-electron chi connectivity index (χ0n) is 9.43. The molecule has 0 unspecified atom stereocenters. The lowest BCUT2D eigenvalue weighted by Gasteiger charge is -2.10. The average Bonchev–Trinajstić information content (AvgIpc) is 2.38. The molecule has 0 saturated heterocycles. The average molecular weight is 247 g/mol.